The Morgan fingerprint density at radius 3 is 2.54 bits per heavy atom. The van der Waals surface area contributed by atoms with Gasteiger partial charge in [-0.2, -0.15) is 0 Å². The number of nitrogens with zero attached hydrogens (tertiary/aromatic N) is 1. The fourth-order valence-corrected chi connectivity index (χ4v) is 4.86. The average molecular weight is 513 g/mol. The van der Waals surface area contributed by atoms with Crippen LogP contribution in [0.2, 0.25) is 5.02 Å². The number of nitrogens with one attached hydrogen (secondary N) is 1. The maximum atomic E-state index is 13.3. The first kappa shape index (κ1) is 24.5. The summed E-state index contributed by atoms with van der Waals surface area (Å²) >= 11 is 6.09. The van der Waals surface area contributed by atoms with Crippen LogP contribution in [-0.2, 0) is 30.9 Å². The van der Waals surface area contributed by atoms with Crippen molar-refractivity contribution in [1.29, 1.82) is 0 Å². The van der Waals surface area contributed by atoms with E-state index in [1.807, 2.05) is 0 Å². The molecule has 0 bridgehead atoms. The predicted octanol–water partition coefficient (Wildman–Crippen LogP) is 4.29. The highest BCUT2D eigenvalue weighted by Gasteiger charge is 2.38. The molecule has 1 aliphatic rings. The van der Waals surface area contributed by atoms with Gasteiger partial charge in [-0.3, -0.25) is 9.69 Å². The van der Waals surface area contributed by atoms with Crippen molar-refractivity contribution in [2.24, 2.45) is 0 Å². The number of anilines is 1. The highest BCUT2D eigenvalue weighted by atomic mass is 35.5. The van der Waals surface area contributed by atoms with Crippen molar-refractivity contribution in [3.05, 3.63) is 100 Å². The molecule has 0 saturated carbocycles. The van der Waals surface area contributed by atoms with Crippen LogP contribution in [0.3, 0.4) is 0 Å². The quantitative estimate of drug-likeness (QED) is 0.374. The van der Waals surface area contributed by atoms with E-state index in [1.54, 1.807) is 61.5 Å². The van der Waals surface area contributed by atoms with E-state index in [9.17, 15) is 18.0 Å². The van der Waals surface area contributed by atoms with Crippen molar-refractivity contribution in [3.8, 4) is 0 Å². The topological polar surface area (TPSA) is 106 Å². The number of carbonyl (C=O) groups is 2. The summed E-state index contributed by atoms with van der Waals surface area (Å²) in [6.45, 7) is 1.54. The SMILES string of the molecule is COC(=O)C1=C(C)N(c2cccc(Cl)c2)C(=O)/C1=C/c1ccc(CNS(=O)(=O)c2ccccc2)o1. The lowest BCUT2D eigenvalue weighted by Crippen LogP contribution is -2.24. The fourth-order valence-electron chi connectivity index (χ4n) is 3.66. The van der Waals surface area contributed by atoms with E-state index in [2.05, 4.69) is 4.72 Å². The minimum atomic E-state index is -3.72. The van der Waals surface area contributed by atoms with Crippen LogP contribution < -0.4 is 9.62 Å². The molecule has 0 spiro atoms. The zero-order chi connectivity index (χ0) is 25.2. The van der Waals surface area contributed by atoms with Crippen LogP contribution in [0.15, 0.2) is 92.9 Å². The minimum absolute atomic E-state index is 0.0834. The number of hydrogen-bond acceptors (Lipinski definition) is 6. The Kier molecular flexibility index (Phi) is 6.93. The van der Waals surface area contributed by atoms with E-state index in [0.717, 1.165) is 0 Å². The Bertz CT molecular complexity index is 1460. The van der Waals surface area contributed by atoms with Gasteiger partial charge in [-0.25, -0.2) is 17.9 Å². The number of sulfonamides is 1. The normalized spacial score (nSPS) is 15.2. The molecule has 3 aromatic rings. The first-order valence-electron chi connectivity index (χ1n) is 10.5. The Labute approximate surface area is 207 Å². The van der Waals surface area contributed by atoms with Crippen LogP contribution in [0.5, 0.6) is 0 Å². The van der Waals surface area contributed by atoms with Gasteiger partial charge < -0.3 is 9.15 Å². The summed E-state index contributed by atoms with van der Waals surface area (Å²) < 4.78 is 38.0. The van der Waals surface area contributed by atoms with Crippen LogP contribution in [0.4, 0.5) is 5.69 Å². The van der Waals surface area contributed by atoms with Crippen LogP contribution in [0.1, 0.15) is 18.4 Å². The van der Waals surface area contributed by atoms with E-state index in [0.29, 0.717) is 22.2 Å². The highest BCUT2D eigenvalue weighted by Crippen LogP contribution is 2.36. The van der Waals surface area contributed by atoms with Gasteiger partial charge in [0.1, 0.15) is 11.5 Å². The number of halogens is 1. The largest absolute Gasteiger partial charge is 0.465 e. The summed E-state index contributed by atoms with van der Waals surface area (Å²) in [6.07, 6.45) is 1.43. The monoisotopic (exact) mass is 512 g/mol. The van der Waals surface area contributed by atoms with Crippen molar-refractivity contribution in [1.82, 2.24) is 4.72 Å². The molecule has 4 rings (SSSR count). The summed E-state index contributed by atoms with van der Waals surface area (Å²) in [6, 6.07) is 17.8. The molecule has 35 heavy (non-hydrogen) atoms. The van der Waals surface area contributed by atoms with Gasteiger partial charge in [0, 0.05) is 10.7 Å². The Morgan fingerprint density at radius 1 is 1.11 bits per heavy atom. The number of allylic oxidation sites excluding steroid dienone is 1. The first-order chi connectivity index (χ1) is 16.7. The van der Waals surface area contributed by atoms with Crippen LogP contribution in [0, 0.1) is 0 Å². The number of benzene rings is 2. The number of esters is 1. The van der Waals surface area contributed by atoms with Gasteiger partial charge in [-0.05, 0) is 55.5 Å². The van der Waals surface area contributed by atoms with Crippen molar-refractivity contribution in [3.63, 3.8) is 0 Å². The van der Waals surface area contributed by atoms with Crippen molar-refractivity contribution in [2.75, 3.05) is 12.0 Å². The molecule has 0 unspecified atom stereocenters. The summed E-state index contributed by atoms with van der Waals surface area (Å²) in [5.41, 5.74) is 1.07. The smallest absolute Gasteiger partial charge is 0.340 e. The third kappa shape index (κ3) is 5.07. The number of amides is 1. The molecular weight excluding hydrogens is 492 g/mol. The third-order valence-electron chi connectivity index (χ3n) is 5.31. The molecule has 8 nitrogen and oxygen atoms in total. The summed E-state index contributed by atoms with van der Waals surface area (Å²) in [5, 5.41) is 0.439. The van der Waals surface area contributed by atoms with Gasteiger partial charge in [0.15, 0.2) is 0 Å². The average Bonchev–Trinajstić information content (AvgIpc) is 3.39. The number of ether oxygens (including phenoxy) is 1. The van der Waals surface area contributed by atoms with E-state index in [1.165, 1.54) is 30.2 Å². The molecule has 1 aromatic heterocycles. The Hall–Kier alpha value is -3.66. The lowest BCUT2D eigenvalue weighted by atomic mass is 10.1. The molecule has 0 saturated heterocycles. The van der Waals surface area contributed by atoms with Gasteiger partial charge in [-0.1, -0.05) is 35.9 Å². The summed E-state index contributed by atoms with van der Waals surface area (Å²) in [4.78, 5) is 27.4. The number of hydrogen-bond donors (Lipinski definition) is 1. The molecule has 1 amide bonds. The standard InChI is InChI=1S/C25H21ClN2O6S/c1-16-23(25(30)33-2)22(24(29)28(16)18-8-6-7-17(26)13-18)14-19-11-12-20(34-19)15-27-35(31,32)21-9-4-3-5-10-21/h3-14,27H,15H2,1-2H3/b22-14+. The van der Waals surface area contributed by atoms with Gasteiger partial charge in [0.05, 0.1) is 35.4 Å². The molecule has 2 heterocycles. The maximum absolute atomic E-state index is 13.3. The molecule has 180 valence electrons. The van der Waals surface area contributed by atoms with Crippen LogP contribution in [-0.4, -0.2) is 27.4 Å². The van der Waals surface area contributed by atoms with Crippen LogP contribution >= 0.6 is 11.6 Å². The second kappa shape index (κ2) is 9.91. The molecule has 0 fully saturated rings. The van der Waals surface area contributed by atoms with Gasteiger partial charge in [-0.15, -0.1) is 0 Å². The zero-order valence-electron chi connectivity index (χ0n) is 18.8. The number of furan rings is 1. The molecule has 2 aromatic carbocycles. The van der Waals surface area contributed by atoms with Gasteiger partial charge >= 0.3 is 5.97 Å². The van der Waals surface area contributed by atoms with E-state index in [-0.39, 0.29) is 28.3 Å². The second-order valence-corrected chi connectivity index (χ2v) is 9.78. The highest BCUT2D eigenvalue weighted by molar-refractivity contribution is 7.89. The van der Waals surface area contributed by atoms with Crippen LogP contribution in [0.25, 0.3) is 6.08 Å². The van der Waals surface area contributed by atoms with E-state index >= 15 is 0 Å². The third-order valence-corrected chi connectivity index (χ3v) is 6.97. The van der Waals surface area contributed by atoms with Crippen molar-refractivity contribution < 1.29 is 27.2 Å². The lowest BCUT2D eigenvalue weighted by molar-refractivity contribution is -0.136. The minimum Gasteiger partial charge on any atom is -0.465 e. The fraction of sp³-hybridized carbons (Fsp3) is 0.120. The number of carbonyl (C=O) groups excluding carboxylic acids is 2. The van der Waals surface area contributed by atoms with Gasteiger partial charge in [0.2, 0.25) is 10.0 Å². The Balaban J connectivity index is 1.61. The number of methoxy groups -OCH3 is 1. The summed E-state index contributed by atoms with van der Waals surface area (Å²) in [7, 11) is -2.49. The van der Waals surface area contributed by atoms with E-state index < -0.39 is 21.9 Å². The molecule has 1 N–H and O–H groups in total. The molecular formula is C25H21ClN2O6S. The van der Waals surface area contributed by atoms with Gasteiger partial charge in [0.25, 0.3) is 5.91 Å². The van der Waals surface area contributed by atoms with Crippen molar-refractivity contribution in [2.45, 2.75) is 18.4 Å². The molecule has 10 heteroatoms. The molecule has 0 atom stereocenters. The lowest BCUT2D eigenvalue weighted by Gasteiger charge is -2.18. The number of rotatable bonds is 7. The summed E-state index contributed by atoms with van der Waals surface area (Å²) in [5.74, 6) is -0.528. The first-order valence-corrected chi connectivity index (χ1v) is 12.3. The molecule has 1 aliphatic heterocycles. The predicted molar refractivity (Wildman–Crippen MR) is 131 cm³/mol. The second-order valence-electron chi connectivity index (χ2n) is 7.57. The molecule has 0 radical (unpaired) electrons. The van der Waals surface area contributed by atoms with Crippen molar-refractivity contribution >= 4 is 45.3 Å². The Morgan fingerprint density at radius 2 is 1.86 bits per heavy atom. The maximum Gasteiger partial charge on any atom is 0.340 e. The molecule has 0 aliphatic carbocycles. The zero-order valence-corrected chi connectivity index (χ0v) is 20.4. The van der Waals surface area contributed by atoms with E-state index in [4.69, 9.17) is 20.8 Å².